The van der Waals surface area contributed by atoms with Crippen LogP contribution in [0.1, 0.15) is 240 Å². The maximum absolute atomic E-state index is 13.4. The number of nitrogens with zero attached hydrogens (tertiary/aromatic N) is 2. The Kier molecular flexibility index (Phi) is 46.6. The number of carbonyl (C=O) groups is 7. The van der Waals surface area contributed by atoms with Gasteiger partial charge in [0.2, 0.25) is 0 Å². The van der Waals surface area contributed by atoms with Crippen LogP contribution >= 0.6 is 0 Å². The molecule has 0 aromatic rings. The summed E-state index contributed by atoms with van der Waals surface area (Å²) in [7, 11) is 3.90. The molecule has 0 aromatic carbocycles. The minimum Gasteiger partial charge on any atom is -0.462 e. The van der Waals surface area contributed by atoms with E-state index in [0.717, 1.165) is 135 Å². The van der Waals surface area contributed by atoms with Gasteiger partial charge in [0.25, 0.3) is 0 Å². The van der Waals surface area contributed by atoms with Gasteiger partial charge in [-0.05, 0) is 65.6 Å². The van der Waals surface area contributed by atoms with E-state index in [2.05, 4.69) is 33.0 Å². The highest BCUT2D eigenvalue weighted by Crippen LogP contribution is 2.14. The SMILES string of the molecule is CCCCCCCCC(=O)OCC(COC(=O)CCCCCCCC)OC(=O)CCCN(CCCC(=O)OC(COC(=O)CCCCCCCC)COC(=O)CCCCCCCC)C(=O)NCCCN(C)C. The zero-order chi connectivity index (χ0) is 53.3. The Bertz CT molecular complexity index is 1250. The molecular weight excluding hydrogens is 923 g/mol. The first-order valence-electron chi connectivity index (χ1n) is 28.5. The summed E-state index contributed by atoms with van der Waals surface area (Å²) >= 11 is 0. The Hall–Kier alpha value is -3.95. The summed E-state index contributed by atoms with van der Waals surface area (Å²) in [4.78, 5) is 93.7. The number of ether oxygens (including phenoxy) is 6. The second kappa shape index (κ2) is 49.3. The van der Waals surface area contributed by atoms with Crippen molar-refractivity contribution in [2.75, 3.05) is 66.7 Å². The van der Waals surface area contributed by atoms with Gasteiger partial charge in [-0.2, -0.15) is 0 Å². The van der Waals surface area contributed by atoms with Gasteiger partial charge in [-0.3, -0.25) is 28.8 Å². The van der Waals surface area contributed by atoms with Crippen molar-refractivity contribution in [2.24, 2.45) is 0 Å². The van der Waals surface area contributed by atoms with Crippen LogP contribution in [-0.2, 0) is 57.2 Å². The van der Waals surface area contributed by atoms with Crippen molar-refractivity contribution in [3.05, 3.63) is 0 Å². The molecule has 72 heavy (non-hydrogen) atoms. The molecule has 0 rings (SSSR count). The molecule has 0 saturated carbocycles. The Morgan fingerprint density at radius 1 is 0.347 bits per heavy atom. The van der Waals surface area contributed by atoms with Crippen molar-refractivity contribution >= 4 is 41.8 Å². The van der Waals surface area contributed by atoms with Crippen LogP contribution in [0.15, 0.2) is 0 Å². The number of unbranched alkanes of at least 4 members (excludes halogenated alkanes) is 20. The second-order valence-corrected chi connectivity index (χ2v) is 19.6. The Labute approximate surface area is 436 Å². The Morgan fingerprint density at radius 3 is 0.917 bits per heavy atom. The van der Waals surface area contributed by atoms with Crippen molar-refractivity contribution < 1.29 is 62.0 Å². The number of esters is 6. The number of carbonyl (C=O) groups excluding carboxylic acids is 7. The zero-order valence-corrected chi connectivity index (χ0v) is 46.3. The molecule has 0 radical (unpaired) electrons. The molecule has 0 heterocycles. The van der Waals surface area contributed by atoms with Crippen molar-refractivity contribution in [1.29, 1.82) is 0 Å². The number of amides is 2. The molecule has 2 amide bonds. The van der Waals surface area contributed by atoms with Crippen molar-refractivity contribution in [3.8, 4) is 0 Å². The van der Waals surface area contributed by atoms with Gasteiger partial charge in [-0.1, -0.05) is 156 Å². The first-order valence-corrected chi connectivity index (χ1v) is 28.5. The normalized spacial score (nSPS) is 11.2. The Morgan fingerprint density at radius 2 is 0.625 bits per heavy atom. The van der Waals surface area contributed by atoms with Crippen molar-refractivity contribution in [2.45, 2.75) is 252 Å². The molecule has 0 aliphatic carbocycles. The van der Waals surface area contributed by atoms with Crippen LogP contribution < -0.4 is 5.32 Å². The van der Waals surface area contributed by atoms with Gasteiger partial charge >= 0.3 is 41.8 Å². The highest BCUT2D eigenvalue weighted by molar-refractivity contribution is 5.75. The summed E-state index contributed by atoms with van der Waals surface area (Å²) < 4.78 is 33.3. The fourth-order valence-corrected chi connectivity index (χ4v) is 7.80. The molecule has 16 heteroatoms. The topological polar surface area (TPSA) is 193 Å². The van der Waals surface area contributed by atoms with Gasteiger partial charge in [0.15, 0.2) is 12.2 Å². The maximum Gasteiger partial charge on any atom is 0.317 e. The van der Waals surface area contributed by atoms with Crippen LogP contribution in [0, 0.1) is 0 Å². The van der Waals surface area contributed by atoms with Crippen LogP contribution in [-0.4, -0.2) is 131 Å². The van der Waals surface area contributed by atoms with Crippen LogP contribution in [0.4, 0.5) is 4.79 Å². The van der Waals surface area contributed by atoms with Gasteiger partial charge in [0.05, 0.1) is 0 Å². The molecule has 0 saturated heterocycles. The van der Waals surface area contributed by atoms with Gasteiger partial charge in [0, 0.05) is 58.2 Å². The fraction of sp³-hybridized carbons (Fsp3) is 0.875. The second-order valence-electron chi connectivity index (χ2n) is 19.6. The third-order valence-electron chi connectivity index (χ3n) is 12.2. The van der Waals surface area contributed by atoms with E-state index in [4.69, 9.17) is 28.4 Å². The third-order valence-corrected chi connectivity index (χ3v) is 12.2. The average Bonchev–Trinajstić information content (AvgIpc) is 3.35. The van der Waals surface area contributed by atoms with Crippen LogP contribution in [0.3, 0.4) is 0 Å². The molecule has 0 spiro atoms. The average molecular weight is 1030 g/mol. The fourth-order valence-electron chi connectivity index (χ4n) is 7.80. The highest BCUT2D eigenvalue weighted by Gasteiger charge is 2.23. The molecule has 0 aliphatic rings. The molecule has 0 aliphatic heterocycles. The molecule has 16 nitrogen and oxygen atoms in total. The summed E-state index contributed by atoms with van der Waals surface area (Å²) in [5.41, 5.74) is 0. The maximum atomic E-state index is 13.4. The van der Waals surface area contributed by atoms with Crippen molar-refractivity contribution in [3.63, 3.8) is 0 Å². The van der Waals surface area contributed by atoms with Crippen LogP contribution in [0.5, 0.6) is 0 Å². The standard InChI is InChI=1S/C56H103N3O13/c1-7-11-15-19-23-27-34-50(60)67-44-48(45-68-51(61)35-28-24-20-16-12-8-2)71-54(64)38-31-42-59(56(66)57-40-33-41-58(5)6)43-32-39-55(65)72-49(46-69-52(62)36-29-25-21-17-13-9-3)47-70-53(63)37-30-26-22-18-14-10-4/h48-49H,7-47H2,1-6H3,(H,57,66). The quantitative estimate of drug-likeness (QED) is 0.0343. The van der Waals surface area contributed by atoms with Crippen molar-refractivity contribution in [1.82, 2.24) is 15.1 Å². The largest absolute Gasteiger partial charge is 0.462 e. The molecular formula is C56H103N3O13. The number of urea groups is 1. The monoisotopic (exact) mass is 1030 g/mol. The molecule has 0 unspecified atom stereocenters. The number of hydrogen-bond donors (Lipinski definition) is 1. The van der Waals surface area contributed by atoms with Crippen LogP contribution in [0.2, 0.25) is 0 Å². The summed E-state index contributed by atoms with van der Waals surface area (Å²) in [5, 5.41) is 2.93. The molecule has 0 aromatic heterocycles. The molecule has 1 N–H and O–H groups in total. The van der Waals surface area contributed by atoms with Gasteiger partial charge in [-0.25, -0.2) is 4.79 Å². The summed E-state index contributed by atoms with van der Waals surface area (Å²) in [5.74, 6) is -2.80. The van der Waals surface area contributed by atoms with E-state index in [9.17, 15) is 33.6 Å². The molecule has 0 bridgehead atoms. The van der Waals surface area contributed by atoms with Gasteiger partial charge in [-0.15, -0.1) is 0 Å². The lowest BCUT2D eigenvalue weighted by molar-refractivity contribution is -0.167. The van der Waals surface area contributed by atoms with E-state index < -0.39 is 48.0 Å². The molecule has 0 atom stereocenters. The minimum absolute atomic E-state index is 0.0722. The van der Waals surface area contributed by atoms with E-state index in [0.29, 0.717) is 38.6 Å². The smallest absolute Gasteiger partial charge is 0.317 e. The van der Waals surface area contributed by atoms with E-state index in [1.165, 1.54) is 4.90 Å². The van der Waals surface area contributed by atoms with E-state index >= 15 is 0 Å². The lowest BCUT2D eigenvalue weighted by Crippen LogP contribution is -2.42. The van der Waals surface area contributed by atoms with Gasteiger partial charge in [0.1, 0.15) is 26.4 Å². The third kappa shape index (κ3) is 44.7. The highest BCUT2D eigenvalue weighted by atomic mass is 16.6. The lowest BCUT2D eigenvalue weighted by Gasteiger charge is -2.24. The predicted molar refractivity (Wildman–Crippen MR) is 282 cm³/mol. The van der Waals surface area contributed by atoms with E-state index in [1.54, 1.807) is 0 Å². The summed E-state index contributed by atoms with van der Waals surface area (Å²) in [6.07, 6.45) is 24.5. The number of hydrogen-bond acceptors (Lipinski definition) is 14. The minimum atomic E-state index is -0.988. The predicted octanol–water partition coefficient (Wildman–Crippen LogP) is 11.5. The summed E-state index contributed by atoms with van der Waals surface area (Å²) in [6.45, 7) is 9.16. The Balaban J connectivity index is 5.56. The number of nitrogens with one attached hydrogen (secondary N) is 1. The van der Waals surface area contributed by atoms with E-state index in [-0.39, 0.29) is 96.9 Å². The first kappa shape index (κ1) is 68.0. The molecule has 0 fully saturated rings. The van der Waals surface area contributed by atoms with Gasteiger partial charge < -0.3 is 43.5 Å². The first-order chi connectivity index (χ1) is 34.8. The molecule has 420 valence electrons. The van der Waals surface area contributed by atoms with E-state index in [1.807, 2.05) is 19.0 Å². The lowest BCUT2D eigenvalue weighted by atomic mass is 10.1. The zero-order valence-electron chi connectivity index (χ0n) is 46.3. The van der Waals surface area contributed by atoms with Crippen LogP contribution in [0.25, 0.3) is 0 Å². The summed E-state index contributed by atoms with van der Waals surface area (Å²) in [6, 6.07) is -0.352. The number of rotatable bonds is 50.